The van der Waals surface area contributed by atoms with Crippen molar-refractivity contribution in [3.8, 4) is 0 Å². The highest BCUT2D eigenvalue weighted by Crippen LogP contribution is 2.12. The van der Waals surface area contributed by atoms with Crippen LogP contribution >= 0.6 is 0 Å². The zero-order valence-electron chi connectivity index (χ0n) is 17.8. The van der Waals surface area contributed by atoms with Crippen molar-refractivity contribution >= 4 is 23.5 Å². The number of nitrogens with one attached hydrogen (secondary N) is 3. The van der Waals surface area contributed by atoms with E-state index in [4.69, 9.17) is 4.42 Å². The van der Waals surface area contributed by atoms with Gasteiger partial charge in [0.2, 0.25) is 5.91 Å². The van der Waals surface area contributed by atoms with Crippen molar-refractivity contribution in [2.75, 3.05) is 18.9 Å². The zero-order valence-corrected chi connectivity index (χ0v) is 17.8. The summed E-state index contributed by atoms with van der Waals surface area (Å²) < 4.78 is 5.07. The fourth-order valence-corrected chi connectivity index (χ4v) is 3.02. The molecular formula is C24H26N4O4. The summed E-state index contributed by atoms with van der Waals surface area (Å²) in [5.41, 5.74) is 2.46. The van der Waals surface area contributed by atoms with E-state index in [0.29, 0.717) is 12.2 Å². The first-order valence-electron chi connectivity index (χ1n) is 10.2. The number of hydrogen-bond donors (Lipinski definition) is 3. The lowest BCUT2D eigenvalue weighted by Crippen LogP contribution is -2.37. The molecule has 4 amide bonds. The van der Waals surface area contributed by atoms with Gasteiger partial charge in [-0.2, -0.15) is 0 Å². The predicted molar refractivity (Wildman–Crippen MR) is 121 cm³/mol. The Hall–Kier alpha value is -4.07. The van der Waals surface area contributed by atoms with Crippen LogP contribution in [-0.2, 0) is 17.9 Å². The van der Waals surface area contributed by atoms with Crippen LogP contribution in [0.1, 0.15) is 28.1 Å². The van der Waals surface area contributed by atoms with Crippen molar-refractivity contribution in [2.45, 2.75) is 19.5 Å². The number of carbonyl (C=O) groups is 3. The van der Waals surface area contributed by atoms with Crippen molar-refractivity contribution in [2.24, 2.45) is 0 Å². The smallest absolute Gasteiger partial charge is 0.315 e. The van der Waals surface area contributed by atoms with E-state index in [2.05, 4.69) is 16.0 Å². The second kappa shape index (κ2) is 11.4. The summed E-state index contributed by atoms with van der Waals surface area (Å²) >= 11 is 0. The minimum Gasteiger partial charge on any atom is -0.459 e. The Kier molecular flexibility index (Phi) is 8.02. The summed E-state index contributed by atoms with van der Waals surface area (Å²) in [5.74, 6) is -0.175. The Bertz CT molecular complexity index is 1040. The Morgan fingerprint density at radius 3 is 2.44 bits per heavy atom. The number of furan rings is 1. The third-order valence-electron chi connectivity index (χ3n) is 4.70. The first-order valence-corrected chi connectivity index (χ1v) is 10.2. The molecule has 0 aliphatic heterocycles. The molecule has 0 bridgehead atoms. The maximum Gasteiger partial charge on any atom is 0.315 e. The minimum atomic E-state index is -0.367. The Morgan fingerprint density at radius 1 is 0.906 bits per heavy atom. The van der Waals surface area contributed by atoms with Crippen LogP contribution < -0.4 is 16.0 Å². The topological polar surface area (TPSA) is 104 Å². The fourth-order valence-electron chi connectivity index (χ4n) is 3.02. The average Bonchev–Trinajstić information content (AvgIpc) is 3.34. The first kappa shape index (κ1) is 22.6. The van der Waals surface area contributed by atoms with E-state index in [9.17, 15) is 14.4 Å². The van der Waals surface area contributed by atoms with E-state index in [1.807, 2.05) is 36.4 Å². The van der Waals surface area contributed by atoms with Gasteiger partial charge in [-0.1, -0.05) is 42.5 Å². The van der Waals surface area contributed by atoms with E-state index in [0.717, 1.165) is 11.1 Å². The molecular weight excluding hydrogens is 408 g/mol. The number of benzene rings is 2. The van der Waals surface area contributed by atoms with E-state index < -0.39 is 0 Å². The van der Waals surface area contributed by atoms with Crippen LogP contribution in [0.2, 0.25) is 0 Å². The van der Waals surface area contributed by atoms with Crippen LogP contribution in [0.25, 0.3) is 0 Å². The average molecular weight is 434 g/mol. The molecule has 0 aliphatic rings. The van der Waals surface area contributed by atoms with Crippen LogP contribution in [0, 0.1) is 0 Å². The summed E-state index contributed by atoms with van der Waals surface area (Å²) in [6, 6.07) is 19.7. The molecule has 2 aromatic carbocycles. The maximum absolute atomic E-state index is 12.2. The van der Waals surface area contributed by atoms with Gasteiger partial charge in [0.1, 0.15) is 0 Å². The van der Waals surface area contributed by atoms with Gasteiger partial charge in [0.15, 0.2) is 5.76 Å². The molecule has 3 N–H and O–H groups in total. The predicted octanol–water partition coefficient (Wildman–Crippen LogP) is 3.38. The Labute approximate surface area is 186 Å². The van der Waals surface area contributed by atoms with Crippen LogP contribution in [0.5, 0.6) is 0 Å². The van der Waals surface area contributed by atoms with Gasteiger partial charge in [0.25, 0.3) is 5.91 Å². The largest absolute Gasteiger partial charge is 0.459 e. The highest BCUT2D eigenvalue weighted by Gasteiger charge is 2.11. The third-order valence-corrected chi connectivity index (χ3v) is 4.70. The number of hydrogen-bond acceptors (Lipinski definition) is 4. The molecule has 0 fully saturated rings. The standard InChI is InChI=1S/C24H26N4O4/c1-28(17-18-7-3-2-4-8-18)22(29)12-13-25-24(31)26-16-19-9-5-10-20(15-19)27-23(30)21-11-6-14-32-21/h2-11,14-15H,12-13,16-17H2,1H3,(H,27,30)(H2,25,26,31). The molecule has 1 heterocycles. The van der Waals surface area contributed by atoms with Gasteiger partial charge in [-0.25, -0.2) is 4.79 Å². The minimum absolute atomic E-state index is 0.0471. The molecule has 0 spiro atoms. The lowest BCUT2D eigenvalue weighted by molar-refractivity contribution is -0.130. The van der Waals surface area contributed by atoms with Crippen LogP contribution in [0.3, 0.4) is 0 Å². The van der Waals surface area contributed by atoms with Gasteiger partial charge in [0, 0.05) is 38.8 Å². The summed E-state index contributed by atoms with van der Waals surface area (Å²) in [6.45, 7) is 1.04. The van der Waals surface area contributed by atoms with Gasteiger partial charge < -0.3 is 25.3 Å². The Morgan fingerprint density at radius 2 is 1.69 bits per heavy atom. The normalized spacial score (nSPS) is 10.3. The molecule has 32 heavy (non-hydrogen) atoms. The molecule has 0 aliphatic carbocycles. The molecule has 0 radical (unpaired) electrons. The van der Waals surface area contributed by atoms with Gasteiger partial charge in [-0.05, 0) is 35.4 Å². The zero-order chi connectivity index (χ0) is 22.8. The maximum atomic E-state index is 12.2. The molecule has 0 unspecified atom stereocenters. The fraction of sp³-hybridized carbons (Fsp3) is 0.208. The van der Waals surface area contributed by atoms with Crippen molar-refractivity contribution in [3.05, 3.63) is 89.9 Å². The lowest BCUT2D eigenvalue weighted by atomic mass is 10.2. The lowest BCUT2D eigenvalue weighted by Gasteiger charge is -2.17. The highest BCUT2D eigenvalue weighted by atomic mass is 16.3. The summed E-state index contributed by atoms with van der Waals surface area (Å²) in [6.07, 6.45) is 1.65. The summed E-state index contributed by atoms with van der Waals surface area (Å²) in [4.78, 5) is 38.0. The number of amides is 4. The SMILES string of the molecule is CN(Cc1ccccc1)C(=O)CCNC(=O)NCc1cccc(NC(=O)c2ccco2)c1. The molecule has 3 aromatic rings. The van der Waals surface area contributed by atoms with E-state index in [-0.39, 0.29) is 43.1 Å². The van der Waals surface area contributed by atoms with Crippen molar-refractivity contribution < 1.29 is 18.8 Å². The number of carbonyl (C=O) groups excluding carboxylic acids is 3. The van der Waals surface area contributed by atoms with Crippen LogP contribution in [-0.4, -0.2) is 36.3 Å². The van der Waals surface area contributed by atoms with E-state index >= 15 is 0 Å². The number of urea groups is 1. The van der Waals surface area contributed by atoms with Gasteiger partial charge in [0.05, 0.1) is 6.26 Å². The number of anilines is 1. The van der Waals surface area contributed by atoms with Crippen molar-refractivity contribution in [1.82, 2.24) is 15.5 Å². The third kappa shape index (κ3) is 7.02. The molecule has 8 heteroatoms. The van der Waals surface area contributed by atoms with E-state index in [1.165, 1.54) is 6.26 Å². The van der Waals surface area contributed by atoms with Gasteiger partial charge in [-0.15, -0.1) is 0 Å². The summed E-state index contributed by atoms with van der Waals surface area (Å²) in [7, 11) is 1.74. The van der Waals surface area contributed by atoms with E-state index in [1.54, 1.807) is 42.3 Å². The quantitative estimate of drug-likeness (QED) is 0.480. The first-order chi connectivity index (χ1) is 15.5. The van der Waals surface area contributed by atoms with Crippen molar-refractivity contribution in [3.63, 3.8) is 0 Å². The molecule has 3 rings (SSSR count). The molecule has 0 saturated carbocycles. The number of rotatable bonds is 9. The van der Waals surface area contributed by atoms with Crippen molar-refractivity contribution in [1.29, 1.82) is 0 Å². The molecule has 166 valence electrons. The molecule has 0 atom stereocenters. The summed E-state index contributed by atoms with van der Waals surface area (Å²) in [5, 5.41) is 8.18. The Balaban J connectivity index is 1.37. The van der Waals surface area contributed by atoms with Crippen LogP contribution in [0.15, 0.2) is 77.4 Å². The molecule has 0 saturated heterocycles. The molecule has 8 nitrogen and oxygen atoms in total. The monoisotopic (exact) mass is 434 g/mol. The van der Waals surface area contributed by atoms with Crippen LogP contribution in [0.4, 0.5) is 10.5 Å². The second-order valence-corrected chi connectivity index (χ2v) is 7.23. The number of nitrogens with zero attached hydrogens (tertiary/aromatic N) is 1. The second-order valence-electron chi connectivity index (χ2n) is 7.23. The van der Waals surface area contributed by atoms with Gasteiger partial charge >= 0.3 is 6.03 Å². The molecule has 1 aromatic heterocycles. The highest BCUT2D eigenvalue weighted by molar-refractivity contribution is 6.02. The van der Waals surface area contributed by atoms with Gasteiger partial charge in [-0.3, -0.25) is 9.59 Å².